The van der Waals surface area contributed by atoms with Gasteiger partial charge in [0, 0.05) is 30.9 Å². The number of aromatic nitrogens is 1. The van der Waals surface area contributed by atoms with Crippen LogP contribution in [0.15, 0.2) is 18.3 Å². The summed E-state index contributed by atoms with van der Waals surface area (Å²) in [6.07, 6.45) is 2.70. The molecule has 1 aromatic heterocycles. The second-order valence-corrected chi connectivity index (χ2v) is 6.68. The zero-order valence-corrected chi connectivity index (χ0v) is 13.4. The molecule has 0 spiro atoms. The first-order chi connectivity index (χ1) is 9.85. The first-order valence-electron chi connectivity index (χ1n) is 7.58. The van der Waals surface area contributed by atoms with Gasteiger partial charge < -0.3 is 19.4 Å². The molecule has 0 aliphatic carbocycles. The van der Waals surface area contributed by atoms with Crippen LogP contribution in [0.3, 0.4) is 0 Å². The summed E-state index contributed by atoms with van der Waals surface area (Å²) in [5.41, 5.74) is 0.644. The van der Waals surface area contributed by atoms with Crippen LogP contribution >= 0.6 is 0 Å². The lowest BCUT2D eigenvalue weighted by molar-refractivity contribution is 0.0229. The number of hydrogen-bond donors (Lipinski definition) is 1. The van der Waals surface area contributed by atoms with Crippen LogP contribution in [0.1, 0.15) is 45.9 Å². The fraction of sp³-hybridized carbons (Fsp3) is 0.688. The topological polar surface area (TPSA) is 54.6 Å². The number of H-pyrrole nitrogens is 1. The van der Waals surface area contributed by atoms with Crippen molar-refractivity contribution in [1.82, 2.24) is 9.88 Å². The maximum Gasteiger partial charge on any atom is 0.410 e. The molecule has 1 saturated heterocycles. The van der Waals surface area contributed by atoms with Crippen molar-refractivity contribution in [3.05, 3.63) is 24.0 Å². The number of nitrogens with one attached hydrogen (secondary N) is 1. The van der Waals surface area contributed by atoms with Crippen LogP contribution in [0.4, 0.5) is 4.79 Å². The Hall–Kier alpha value is -1.49. The van der Waals surface area contributed by atoms with Gasteiger partial charge in [0.15, 0.2) is 0 Å². The summed E-state index contributed by atoms with van der Waals surface area (Å²) >= 11 is 0. The normalized spacial score (nSPS) is 20.6. The summed E-state index contributed by atoms with van der Waals surface area (Å²) < 4.78 is 11.3. The van der Waals surface area contributed by atoms with Gasteiger partial charge in [-0.25, -0.2) is 4.79 Å². The highest BCUT2D eigenvalue weighted by atomic mass is 16.6. The molecule has 1 N–H and O–H groups in total. The van der Waals surface area contributed by atoms with Gasteiger partial charge in [-0.2, -0.15) is 0 Å². The van der Waals surface area contributed by atoms with Crippen LogP contribution in [-0.2, 0) is 9.47 Å². The molecule has 1 aliphatic rings. The SMILES string of the molecule is CC(OCC1CCN(C(=O)OC(C)(C)C)C1)c1ccc[nH]1. The lowest BCUT2D eigenvalue weighted by atomic mass is 10.1. The van der Waals surface area contributed by atoms with Crippen LogP contribution in [0.5, 0.6) is 0 Å². The molecule has 21 heavy (non-hydrogen) atoms. The van der Waals surface area contributed by atoms with Crippen molar-refractivity contribution >= 4 is 6.09 Å². The number of hydrogen-bond acceptors (Lipinski definition) is 3. The monoisotopic (exact) mass is 294 g/mol. The Kier molecular flexibility index (Phi) is 4.93. The van der Waals surface area contributed by atoms with Crippen LogP contribution in [-0.4, -0.2) is 41.3 Å². The molecule has 2 atom stereocenters. The molecular weight excluding hydrogens is 268 g/mol. The molecule has 5 heteroatoms. The van der Waals surface area contributed by atoms with E-state index in [0.717, 1.165) is 18.7 Å². The van der Waals surface area contributed by atoms with E-state index in [1.54, 1.807) is 4.90 Å². The van der Waals surface area contributed by atoms with E-state index in [2.05, 4.69) is 4.98 Å². The predicted octanol–water partition coefficient (Wildman–Crippen LogP) is 3.35. The Morgan fingerprint density at radius 1 is 1.52 bits per heavy atom. The standard InChI is InChI=1S/C16H26N2O3/c1-12(14-6-5-8-17-14)20-11-13-7-9-18(10-13)15(19)21-16(2,3)4/h5-6,8,12-13,17H,7,9-11H2,1-4H3. The lowest BCUT2D eigenvalue weighted by Crippen LogP contribution is -2.35. The maximum absolute atomic E-state index is 12.0. The van der Waals surface area contributed by atoms with Gasteiger partial charge in [0.1, 0.15) is 5.60 Å². The van der Waals surface area contributed by atoms with E-state index < -0.39 is 5.60 Å². The maximum atomic E-state index is 12.0. The van der Waals surface area contributed by atoms with E-state index in [1.807, 2.05) is 46.0 Å². The van der Waals surface area contributed by atoms with E-state index in [0.29, 0.717) is 19.1 Å². The summed E-state index contributed by atoms with van der Waals surface area (Å²) in [4.78, 5) is 16.9. The number of aromatic amines is 1. The third-order valence-corrected chi connectivity index (χ3v) is 3.58. The number of amides is 1. The molecule has 1 amide bonds. The number of rotatable bonds is 4. The first kappa shape index (κ1) is 15.9. The molecule has 0 saturated carbocycles. The minimum atomic E-state index is -0.437. The number of carbonyl (C=O) groups excluding carboxylic acids is 1. The summed E-state index contributed by atoms with van der Waals surface area (Å²) in [7, 11) is 0. The molecule has 0 bridgehead atoms. The fourth-order valence-corrected chi connectivity index (χ4v) is 2.43. The van der Waals surface area contributed by atoms with E-state index in [4.69, 9.17) is 9.47 Å². The highest BCUT2D eigenvalue weighted by molar-refractivity contribution is 5.68. The number of ether oxygens (including phenoxy) is 2. The number of nitrogens with zero attached hydrogens (tertiary/aromatic N) is 1. The Morgan fingerprint density at radius 3 is 2.90 bits per heavy atom. The quantitative estimate of drug-likeness (QED) is 0.926. The summed E-state index contributed by atoms with van der Waals surface area (Å²) in [5, 5.41) is 0. The van der Waals surface area contributed by atoms with Gasteiger partial charge in [0.2, 0.25) is 0 Å². The van der Waals surface area contributed by atoms with Gasteiger partial charge in [0.25, 0.3) is 0 Å². The van der Waals surface area contributed by atoms with Crippen molar-refractivity contribution in [2.45, 2.75) is 45.8 Å². The smallest absolute Gasteiger partial charge is 0.410 e. The van der Waals surface area contributed by atoms with E-state index >= 15 is 0 Å². The Balaban J connectivity index is 1.74. The summed E-state index contributed by atoms with van der Waals surface area (Å²) in [6.45, 7) is 9.83. The highest BCUT2D eigenvalue weighted by Gasteiger charge is 2.30. The molecule has 0 aromatic carbocycles. The minimum Gasteiger partial charge on any atom is -0.444 e. The molecule has 2 unspecified atom stereocenters. The van der Waals surface area contributed by atoms with Crippen molar-refractivity contribution in [3.63, 3.8) is 0 Å². The zero-order chi connectivity index (χ0) is 15.5. The van der Waals surface area contributed by atoms with Crippen LogP contribution in [0.2, 0.25) is 0 Å². The number of carbonyl (C=O) groups is 1. The molecule has 2 heterocycles. The Labute approximate surface area is 126 Å². The van der Waals surface area contributed by atoms with Crippen LogP contribution in [0, 0.1) is 5.92 Å². The molecule has 118 valence electrons. The molecular formula is C16H26N2O3. The van der Waals surface area contributed by atoms with Gasteiger partial charge in [-0.1, -0.05) is 0 Å². The average Bonchev–Trinajstić information content (AvgIpc) is 3.05. The van der Waals surface area contributed by atoms with Crippen molar-refractivity contribution in [3.8, 4) is 0 Å². The molecule has 1 fully saturated rings. The van der Waals surface area contributed by atoms with Crippen LogP contribution in [0.25, 0.3) is 0 Å². The third-order valence-electron chi connectivity index (χ3n) is 3.58. The second kappa shape index (κ2) is 6.52. The highest BCUT2D eigenvalue weighted by Crippen LogP contribution is 2.22. The van der Waals surface area contributed by atoms with E-state index in [1.165, 1.54) is 0 Å². The summed E-state index contributed by atoms with van der Waals surface area (Å²) in [5.74, 6) is 0.384. The third kappa shape index (κ3) is 4.77. The average molecular weight is 294 g/mol. The molecule has 1 aliphatic heterocycles. The minimum absolute atomic E-state index is 0.0515. The predicted molar refractivity (Wildman–Crippen MR) is 81.1 cm³/mol. The molecule has 5 nitrogen and oxygen atoms in total. The number of likely N-dealkylation sites (tertiary alicyclic amines) is 1. The van der Waals surface area contributed by atoms with Crippen LogP contribution < -0.4 is 0 Å². The van der Waals surface area contributed by atoms with Crippen molar-refractivity contribution in [2.75, 3.05) is 19.7 Å². The summed E-state index contributed by atoms with van der Waals surface area (Å²) in [6, 6.07) is 3.99. The van der Waals surface area contributed by atoms with Gasteiger partial charge in [0.05, 0.1) is 12.7 Å². The first-order valence-corrected chi connectivity index (χ1v) is 7.58. The van der Waals surface area contributed by atoms with Crippen molar-refractivity contribution in [1.29, 1.82) is 0 Å². The largest absolute Gasteiger partial charge is 0.444 e. The van der Waals surface area contributed by atoms with E-state index in [-0.39, 0.29) is 12.2 Å². The van der Waals surface area contributed by atoms with E-state index in [9.17, 15) is 4.79 Å². The fourth-order valence-electron chi connectivity index (χ4n) is 2.43. The van der Waals surface area contributed by atoms with Gasteiger partial charge in [-0.05, 0) is 46.2 Å². The second-order valence-electron chi connectivity index (χ2n) is 6.68. The zero-order valence-electron chi connectivity index (χ0n) is 13.4. The molecule has 0 radical (unpaired) electrons. The Morgan fingerprint density at radius 2 is 2.29 bits per heavy atom. The van der Waals surface area contributed by atoms with Gasteiger partial charge >= 0.3 is 6.09 Å². The van der Waals surface area contributed by atoms with Crippen molar-refractivity contribution < 1.29 is 14.3 Å². The molecule has 2 rings (SSSR count). The van der Waals surface area contributed by atoms with Crippen molar-refractivity contribution in [2.24, 2.45) is 5.92 Å². The van der Waals surface area contributed by atoms with Gasteiger partial charge in [-0.15, -0.1) is 0 Å². The van der Waals surface area contributed by atoms with Gasteiger partial charge in [-0.3, -0.25) is 0 Å². The molecule has 1 aromatic rings. The lowest BCUT2D eigenvalue weighted by Gasteiger charge is -2.24. The Bertz CT molecular complexity index is 451.